The molecule has 0 heterocycles. The third-order valence-electron chi connectivity index (χ3n) is 5.37. The van der Waals surface area contributed by atoms with Crippen molar-refractivity contribution >= 4 is 5.91 Å². The van der Waals surface area contributed by atoms with E-state index in [4.69, 9.17) is 5.73 Å². The van der Waals surface area contributed by atoms with Gasteiger partial charge in [0.1, 0.15) is 6.04 Å². The summed E-state index contributed by atoms with van der Waals surface area (Å²) in [6, 6.07) is 13.7. The van der Waals surface area contributed by atoms with Crippen molar-refractivity contribution in [2.75, 3.05) is 0 Å². The number of amides is 1. The largest absolute Gasteiger partial charge is 0.573 e. The minimum atomic E-state index is -5.14. The van der Waals surface area contributed by atoms with Crippen LogP contribution in [-0.2, 0) is 17.4 Å². The van der Waals surface area contributed by atoms with Gasteiger partial charge in [-0.25, -0.2) is 4.39 Å². The van der Waals surface area contributed by atoms with Crippen LogP contribution in [0.1, 0.15) is 40.8 Å². The standard InChI is InChI=1S/C25H21F7N2O2/c26-19-12-9-17(14-21(19)36-25(30,31)32)20(34-22(23(33)35)16-4-2-1-3-5-16)13-8-15-6-10-18(11-7-15)24(27,28)29/h1-7,9-12,14,20,22,34H,8,13H2,(H2,33,35)/t20-,22-/m0/s1. The second-order valence-corrected chi connectivity index (χ2v) is 7.94. The molecule has 11 heteroatoms. The number of ether oxygens (including phenoxy) is 1. The number of benzene rings is 3. The molecule has 0 fully saturated rings. The van der Waals surface area contributed by atoms with Gasteiger partial charge in [0.15, 0.2) is 11.6 Å². The van der Waals surface area contributed by atoms with Gasteiger partial charge in [-0.15, -0.1) is 13.2 Å². The molecule has 0 spiro atoms. The third-order valence-corrected chi connectivity index (χ3v) is 5.37. The first-order valence-corrected chi connectivity index (χ1v) is 10.6. The Hall–Kier alpha value is -3.60. The van der Waals surface area contributed by atoms with Crippen LogP contribution >= 0.6 is 0 Å². The van der Waals surface area contributed by atoms with Crippen molar-refractivity contribution < 1.29 is 40.3 Å². The summed E-state index contributed by atoms with van der Waals surface area (Å²) in [5, 5.41) is 2.99. The van der Waals surface area contributed by atoms with E-state index in [1.54, 1.807) is 30.3 Å². The van der Waals surface area contributed by atoms with E-state index in [-0.39, 0.29) is 18.4 Å². The highest BCUT2D eigenvalue weighted by Gasteiger charge is 2.33. The highest BCUT2D eigenvalue weighted by Crippen LogP contribution is 2.32. The molecular formula is C25H21F7N2O2. The van der Waals surface area contributed by atoms with E-state index in [1.165, 1.54) is 18.2 Å². The smallest absolute Gasteiger partial charge is 0.403 e. The summed E-state index contributed by atoms with van der Waals surface area (Å²) in [7, 11) is 0. The maximum Gasteiger partial charge on any atom is 0.573 e. The first-order valence-electron chi connectivity index (χ1n) is 10.6. The van der Waals surface area contributed by atoms with Crippen LogP contribution in [0.15, 0.2) is 72.8 Å². The third kappa shape index (κ3) is 7.45. The second kappa shape index (κ2) is 11.0. The lowest BCUT2D eigenvalue weighted by atomic mass is 9.95. The van der Waals surface area contributed by atoms with Crippen molar-refractivity contribution in [3.05, 3.63) is 101 Å². The molecule has 0 aliphatic heterocycles. The predicted octanol–water partition coefficient (Wildman–Crippen LogP) is 6.23. The molecule has 0 aliphatic carbocycles. The zero-order chi connectivity index (χ0) is 26.5. The molecule has 0 aliphatic rings. The van der Waals surface area contributed by atoms with E-state index < -0.39 is 47.7 Å². The second-order valence-electron chi connectivity index (χ2n) is 7.94. The maximum atomic E-state index is 14.0. The Kier molecular flexibility index (Phi) is 8.24. The Morgan fingerprint density at radius 2 is 1.53 bits per heavy atom. The Morgan fingerprint density at radius 3 is 2.08 bits per heavy atom. The molecule has 0 bridgehead atoms. The number of nitrogens with two attached hydrogens (primary N) is 1. The quantitative estimate of drug-likeness (QED) is 0.333. The molecule has 0 saturated carbocycles. The zero-order valence-electron chi connectivity index (χ0n) is 18.5. The van der Waals surface area contributed by atoms with Crippen LogP contribution in [-0.4, -0.2) is 12.3 Å². The van der Waals surface area contributed by atoms with Gasteiger partial charge in [0.05, 0.1) is 5.56 Å². The maximum absolute atomic E-state index is 14.0. The Morgan fingerprint density at radius 1 is 0.889 bits per heavy atom. The molecule has 0 unspecified atom stereocenters. The van der Waals surface area contributed by atoms with Gasteiger partial charge in [-0.1, -0.05) is 48.5 Å². The van der Waals surface area contributed by atoms with Gasteiger partial charge in [-0.2, -0.15) is 13.2 Å². The molecule has 3 N–H and O–H groups in total. The fourth-order valence-corrected chi connectivity index (χ4v) is 3.65. The summed E-state index contributed by atoms with van der Waals surface area (Å²) in [5.41, 5.74) is 5.88. The number of halogens is 7. The SMILES string of the molecule is NC(=O)[C@@H](N[C@@H](CCc1ccc(C(F)(F)F)cc1)c1ccc(F)c(OC(F)(F)F)c1)c1ccccc1. The average Bonchev–Trinajstić information content (AvgIpc) is 2.80. The van der Waals surface area contributed by atoms with Gasteiger partial charge in [0, 0.05) is 6.04 Å². The average molecular weight is 514 g/mol. The molecule has 0 saturated heterocycles. The van der Waals surface area contributed by atoms with Gasteiger partial charge in [-0.05, 0) is 53.8 Å². The Labute approximate surface area is 201 Å². The summed E-state index contributed by atoms with van der Waals surface area (Å²) in [4.78, 5) is 12.2. The Balaban J connectivity index is 1.92. The Bertz CT molecular complexity index is 1160. The molecule has 3 aromatic rings. The van der Waals surface area contributed by atoms with E-state index in [2.05, 4.69) is 10.1 Å². The molecule has 1 amide bonds. The molecule has 192 valence electrons. The van der Waals surface area contributed by atoms with E-state index in [1.807, 2.05) is 0 Å². The van der Waals surface area contributed by atoms with Crippen LogP contribution in [0.2, 0.25) is 0 Å². The summed E-state index contributed by atoms with van der Waals surface area (Å²) in [6.45, 7) is 0. The molecule has 0 aromatic heterocycles. The lowest BCUT2D eigenvalue weighted by Crippen LogP contribution is -2.36. The number of alkyl halides is 6. The van der Waals surface area contributed by atoms with Crippen molar-refractivity contribution in [2.45, 2.75) is 37.5 Å². The number of carbonyl (C=O) groups is 1. The van der Waals surface area contributed by atoms with Gasteiger partial charge < -0.3 is 10.5 Å². The number of primary amides is 1. The number of nitrogens with one attached hydrogen (secondary N) is 1. The van der Waals surface area contributed by atoms with E-state index >= 15 is 0 Å². The number of aryl methyl sites for hydroxylation is 1. The number of hydrogen-bond donors (Lipinski definition) is 2. The first-order chi connectivity index (χ1) is 16.8. The monoisotopic (exact) mass is 514 g/mol. The van der Waals surface area contributed by atoms with Crippen LogP contribution < -0.4 is 15.8 Å². The van der Waals surface area contributed by atoms with E-state index in [0.29, 0.717) is 11.1 Å². The molecule has 2 atom stereocenters. The van der Waals surface area contributed by atoms with Crippen LogP contribution in [0.3, 0.4) is 0 Å². The number of carbonyl (C=O) groups excluding carboxylic acids is 1. The highest BCUT2D eigenvalue weighted by atomic mass is 19.4. The van der Waals surface area contributed by atoms with Gasteiger partial charge in [0.2, 0.25) is 5.91 Å². The summed E-state index contributed by atoms with van der Waals surface area (Å²) < 4.78 is 94.5. The normalized spacial score (nSPS) is 13.8. The number of rotatable bonds is 9. The van der Waals surface area contributed by atoms with Crippen molar-refractivity contribution in [1.82, 2.24) is 5.32 Å². The first kappa shape index (κ1) is 27.0. The highest BCUT2D eigenvalue weighted by molar-refractivity contribution is 5.81. The minimum absolute atomic E-state index is 0.124. The van der Waals surface area contributed by atoms with Crippen LogP contribution in [0.25, 0.3) is 0 Å². The van der Waals surface area contributed by atoms with Gasteiger partial charge >= 0.3 is 12.5 Å². The van der Waals surface area contributed by atoms with Crippen LogP contribution in [0.5, 0.6) is 5.75 Å². The zero-order valence-corrected chi connectivity index (χ0v) is 18.5. The van der Waals surface area contributed by atoms with Crippen LogP contribution in [0, 0.1) is 5.82 Å². The van der Waals surface area contributed by atoms with Crippen molar-refractivity contribution in [3.8, 4) is 5.75 Å². The summed E-state index contributed by atoms with van der Waals surface area (Å²) >= 11 is 0. The molecule has 4 nitrogen and oxygen atoms in total. The molecule has 3 aromatic carbocycles. The molecule has 36 heavy (non-hydrogen) atoms. The fourth-order valence-electron chi connectivity index (χ4n) is 3.65. The van der Waals surface area contributed by atoms with Gasteiger partial charge in [0.25, 0.3) is 0 Å². The predicted molar refractivity (Wildman–Crippen MR) is 117 cm³/mol. The topological polar surface area (TPSA) is 64.4 Å². The molecule has 3 rings (SSSR count). The van der Waals surface area contributed by atoms with Crippen molar-refractivity contribution in [3.63, 3.8) is 0 Å². The van der Waals surface area contributed by atoms with Gasteiger partial charge in [-0.3, -0.25) is 10.1 Å². The number of hydrogen-bond acceptors (Lipinski definition) is 3. The molecular weight excluding hydrogens is 493 g/mol. The van der Waals surface area contributed by atoms with Crippen molar-refractivity contribution in [1.29, 1.82) is 0 Å². The minimum Gasteiger partial charge on any atom is -0.403 e. The van der Waals surface area contributed by atoms with Crippen molar-refractivity contribution in [2.24, 2.45) is 5.73 Å². The van der Waals surface area contributed by atoms with E-state index in [9.17, 15) is 35.5 Å². The summed E-state index contributed by atoms with van der Waals surface area (Å²) in [5.74, 6) is -3.07. The molecule has 0 radical (unpaired) electrons. The van der Waals surface area contributed by atoms with Crippen LogP contribution in [0.4, 0.5) is 30.7 Å². The lowest BCUT2D eigenvalue weighted by molar-refractivity contribution is -0.275. The fraction of sp³-hybridized carbons (Fsp3) is 0.240. The summed E-state index contributed by atoms with van der Waals surface area (Å²) in [6.07, 6.45) is -9.33. The van der Waals surface area contributed by atoms with E-state index in [0.717, 1.165) is 24.3 Å². The lowest BCUT2D eigenvalue weighted by Gasteiger charge is -2.25.